The molecule has 0 radical (unpaired) electrons. The van der Waals surface area contributed by atoms with E-state index in [9.17, 15) is 4.39 Å². The van der Waals surface area contributed by atoms with Gasteiger partial charge in [-0.15, -0.1) is 0 Å². The number of nitrogens with two attached hydrogens (primary N) is 1. The van der Waals surface area contributed by atoms with Crippen LogP contribution in [0.2, 0.25) is 0 Å². The first-order valence-electron chi connectivity index (χ1n) is 5.76. The molecule has 0 aromatic rings. The molecule has 0 spiro atoms. The number of hydrogen-bond donors (Lipinski definition) is 1. The Morgan fingerprint density at radius 3 is 2.20 bits per heavy atom. The van der Waals surface area contributed by atoms with Gasteiger partial charge in [-0.3, -0.25) is 0 Å². The lowest BCUT2D eigenvalue weighted by molar-refractivity contribution is -0.0936. The zero-order chi connectivity index (χ0) is 11.9. The summed E-state index contributed by atoms with van der Waals surface area (Å²) < 4.78 is 20.5. The predicted octanol–water partition coefficient (Wildman–Crippen LogP) is 2.66. The van der Waals surface area contributed by atoms with E-state index in [0.29, 0.717) is 6.42 Å². The molecule has 90 valence electrons. The standard InChI is InChI=1S/C12H24FNO/c1-6-12(13,8-14)9-7-10(2,3)15-11(9,4)5/h9H,6-8,14H2,1-5H3. The minimum Gasteiger partial charge on any atom is -0.369 e. The number of alkyl halides is 1. The largest absolute Gasteiger partial charge is 0.369 e. The van der Waals surface area contributed by atoms with E-state index in [1.165, 1.54) is 0 Å². The van der Waals surface area contributed by atoms with E-state index in [2.05, 4.69) is 0 Å². The Labute approximate surface area is 92.4 Å². The molecular weight excluding hydrogens is 193 g/mol. The molecule has 1 aliphatic heterocycles. The third-order valence-corrected chi connectivity index (χ3v) is 3.63. The van der Waals surface area contributed by atoms with E-state index in [4.69, 9.17) is 10.5 Å². The minimum atomic E-state index is -1.29. The van der Waals surface area contributed by atoms with Crippen molar-refractivity contribution in [2.45, 2.75) is 64.3 Å². The van der Waals surface area contributed by atoms with Crippen molar-refractivity contribution in [1.29, 1.82) is 0 Å². The summed E-state index contributed by atoms with van der Waals surface area (Å²) in [7, 11) is 0. The molecule has 2 nitrogen and oxygen atoms in total. The lowest BCUT2D eigenvalue weighted by atomic mass is 9.74. The zero-order valence-corrected chi connectivity index (χ0v) is 10.6. The Bertz CT molecular complexity index is 234. The second-order valence-electron chi connectivity index (χ2n) is 5.81. The molecule has 0 amide bonds. The molecule has 1 fully saturated rings. The van der Waals surface area contributed by atoms with Crippen LogP contribution < -0.4 is 5.73 Å². The Kier molecular flexibility index (Phi) is 3.19. The normalized spacial score (nSPS) is 32.6. The number of hydrogen-bond acceptors (Lipinski definition) is 2. The van der Waals surface area contributed by atoms with Crippen LogP contribution in [0.15, 0.2) is 0 Å². The average molecular weight is 217 g/mol. The second-order valence-corrected chi connectivity index (χ2v) is 5.81. The van der Waals surface area contributed by atoms with Crippen LogP contribution >= 0.6 is 0 Å². The highest BCUT2D eigenvalue weighted by Crippen LogP contribution is 2.49. The lowest BCUT2D eigenvalue weighted by Crippen LogP contribution is -2.47. The molecule has 2 N–H and O–H groups in total. The molecule has 3 heteroatoms. The summed E-state index contributed by atoms with van der Waals surface area (Å²) in [6.45, 7) is 9.89. The van der Waals surface area contributed by atoms with Crippen molar-refractivity contribution >= 4 is 0 Å². The molecule has 1 heterocycles. The molecule has 1 rings (SSSR count). The molecule has 2 unspecified atom stereocenters. The first-order valence-corrected chi connectivity index (χ1v) is 5.76. The van der Waals surface area contributed by atoms with Crippen LogP contribution in [0, 0.1) is 5.92 Å². The van der Waals surface area contributed by atoms with Gasteiger partial charge >= 0.3 is 0 Å². The molecule has 0 saturated carbocycles. The molecule has 0 bridgehead atoms. The van der Waals surface area contributed by atoms with Gasteiger partial charge in [0.1, 0.15) is 5.67 Å². The molecule has 1 saturated heterocycles. The quantitative estimate of drug-likeness (QED) is 0.788. The fraction of sp³-hybridized carbons (Fsp3) is 1.00. The third kappa shape index (κ3) is 2.34. The molecule has 0 aromatic carbocycles. The van der Waals surface area contributed by atoms with Crippen LogP contribution in [0.3, 0.4) is 0 Å². The summed E-state index contributed by atoms with van der Waals surface area (Å²) in [6.07, 6.45) is 1.19. The first-order chi connectivity index (χ1) is 6.67. The van der Waals surface area contributed by atoms with Gasteiger partial charge in [-0.1, -0.05) is 6.92 Å². The van der Waals surface area contributed by atoms with Gasteiger partial charge in [-0.2, -0.15) is 0 Å². The van der Waals surface area contributed by atoms with Crippen molar-refractivity contribution in [2.75, 3.05) is 6.54 Å². The molecule has 2 atom stereocenters. The van der Waals surface area contributed by atoms with Gasteiger partial charge in [0.25, 0.3) is 0 Å². The summed E-state index contributed by atoms with van der Waals surface area (Å²) in [4.78, 5) is 0. The van der Waals surface area contributed by atoms with Crippen molar-refractivity contribution in [1.82, 2.24) is 0 Å². The molecule has 1 aliphatic rings. The number of rotatable bonds is 3. The Balaban J connectivity index is 2.95. The van der Waals surface area contributed by atoms with E-state index in [0.717, 1.165) is 6.42 Å². The van der Waals surface area contributed by atoms with Crippen molar-refractivity contribution < 1.29 is 9.13 Å². The van der Waals surface area contributed by atoms with Crippen LogP contribution in [0.5, 0.6) is 0 Å². The third-order valence-electron chi connectivity index (χ3n) is 3.63. The van der Waals surface area contributed by atoms with Gasteiger partial charge in [0.15, 0.2) is 0 Å². The van der Waals surface area contributed by atoms with E-state index in [-0.39, 0.29) is 18.1 Å². The Morgan fingerprint density at radius 1 is 1.40 bits per heavy atom. The lowest BCUT2D eigenvalue weighted by Gasteiger charge is -2.36. The second kappa shape index (κ2) is 3.70. The summed E-state index contributed by atoms with van der Waals surface area (Å²) in [5, 5.41) is 0. The van der Waals surface area contributed by atoms with Crippen LogP contribution in [0.25, 0.3) is 0 Å². The number of ether oxygens (including phenoxy) is 1. The van der Waals surface area contributed by atoms with Crippen LogP contribution in [0.1, 0.15) is 47.5 Å². The fourth-order valence-electron chi connectivity index (χ4n) is 2.90. The average Bonchev–Trinajstić information content (AvgIpc) is 2.33. The SMILES string of the molecule is CCC(F)(CN)C1CC(C)(C)OC1(C)C. The topological polar surface area (TPSA) is 35.2 Å². The van der Waals surface area contributed by atoms with Crippen LogP contribution in [-0.2, 0) is 4.74 Å². The van der Waals surface area contributed by atoms with E-state index in [1.54, 1.807) is 0 Å². The summed E-state index contributed by atoms with van der Waals surface area (Å²) in [5.74, 6) is -0.116. The predicted molar refractivity (Wildman–Crippen MR) is 60.5 cm³/mol. The fourth-order valence-corrected chi connectivity index (χ4v) is 2.90. The maximum Gasteiger partial charge on any atom is 0.128 e. The zero-order valence-electron chi connectivity index (χ0n) is 10.6. The smallest absolute Gasteiger partial charge is 0.128 e. The van der Waals surface area contributed by atoms with E-state index in [1.807, 2.05) is 34.6 Å². The summed E-state index contributed by atoms with van der Waals surface area (Å²) >= 11 is 0. The van der Waals surface area contributed by atoms with Crippen molar-refractivity contribution in [3.8, 4) is 0 Å². The van der Waals surface area contributed by atoms with Crippen LogP contribution in [-0.4, -0.2) is 23.4 Å². The van der Waals surface area contributed by atoms with E-state index < -0.39 is 11.3 Å². The van der Waals surface area contributed by atoms with Gasteiger partial charge in [-0.25, -0.2) is 4.39 Å². The minimum absolute atomic E-state index is 0.0804. The van der Waals surface area contributed by atoms with Gasteiger partial charge in [0.05, 0.1) is 11.2 Å². The van der Waals surface area contributed by atoms with Crippen LogP contribution in [0.4, 0.5) is 4.39 Å². The molecular formula is C12H24FNO. The highest BCUT2D eigenvalue weighted by atomic mass is 19.1. The maximum absolute atomic E-state index is 14.6. The van der Waals surface area contributed by atoms with Gasteiger partial charge in [0, 0.05) is 12.5 Å². The highest BCUT2D eigenvalue weighted by Gasteiger charge is 2.54. The van der Waals surface area contributed by atoms with Gasteiger partial charge in [-0.05, 0) is 40.5 Å². The van der Waals surface area contributed by atoms with Gasteiger partial charge in [0.2, 0.25) is 0 Å². The molecule has 0 aromatic heterocycles. The molecule has 0 aliphatic carbocycles. The van der Waals surface area contributed by atoms with Crippen molar-refractivity contribution in [3.63, 3.8) is 0 Å². The van der Waals surface area contributed by atoms with Crippen molar-refractivity contribution in [2.24, 2.45) is 11.7 Å². The summed E-state index contributed by atoms with van der Waals surface area (Å²) in [5.41, 5.74) is 3.62. The summed E-state index contributed by atoms with van der Waals surface area (Å²) in [6, 6.07) is 0. The van der Waals surface area contributed by atoms with Gasteiger partial charge < -0.3 is 10.5 Å². The number of halogens is 1. The monoisotopic (exact) mass is 217 g/mol. The Morgan fingerprint density at radius 2 is 1.93 bits per heavy atom. The first kappa shape index (κ1) is 12.9. The van der Waals surface area contributed by atoms with Crippen molar-refractivity contribution in [3.05, 3.63) is 0 Å². The highest BCUT2D eigenvalue weighted by molar-refractivity contribution is 5.04. The maximum atomic E-state index is 14.6. The van der Waals surface area contributed by atoms with E-state index >= 15 is 0 Å². The molecule has 15 heavy (non-hydrogen) atoms. The Hall–Kier alpha value is -0.150.